The van der Waals surface area contributed by atoms with Crippen molar-refractivity contribution < 1.29 is 19.2 Å². The minimum atomic E-state index is -0.481. The lowest BCUT2D eigenvalue weighted by molar-refractivity contribution is -0.384. The van der Waals surface area contributed by atoms with E-state index in [1.807, 2.05) is 24.3 Å². The SMILES string of the molecule is COCCOc1cccc(CNC(=O)c2cc([N+](=O)[O-])ccc2N2CCCC2)c1. The monoisotopic (exact) mass is 399 g/mol. The highest BCUT2D eigenvalue weighted by Crippen LogP contribution is 2.28. The van der Waals surface area contributed by atoms with Crippen LogP contribution in [-0.2, 0) is 11.3 Å². The molecular weight excluding hydrogens is 374 g/mol. The average Bonchev–Trinajstić information content (AvgIpc) is 3.27. The molecule has 29 heavy (non-hydrogen) atoms. The Bertz CT molecular complexity index is 865. The third-order valence-electron chi connectivity index (χ3n) is 4.79. The van der Waals surface area contributed by atoms with Gasteiger partial charge in [0.05, 0.1) is 22.8 Å². The molecule has 1 N–H and O–H groups in total. The number of hydrogen-bond acceptors (Lipinski definition) is 6. The number of rotatable bonds is 9. The molecule has 1 amide bonds. The molecule has 1 aliphatic heterocycles. The third-order valence-corrected chi connectivity index (χ3v) is 4.79. The molecular formula is C21H25N3O5. The summed E-state index contributed by atoms with van der Waals surface area (Å²) < 4.78 is 10.6. The number of ether oxygens (including phenoxy) is 2. The second kappa shape index (κ2) is 9.88. The van der Waals surface area contributed by atoms with Gasteiger partial charge in [-0.3, -0.25) is 14.9 Å². The van der Waals surface area contributed by atoms with Crippen LogP contribution in [0.2, 0.25) is 0 Å². The summed E-state index contributed by atoms with van der Waals surface area (Å²) in [4.78, 5) is 25.6. The molecule has 1 heterocycles. The first-order valence-corrected chi connectivity index (χ1v) is 9.61. The smallest absolute Gasteiger partial charge is 0.270 e. The van der Waals surface area contributed by atoms with Crippen LogP contribution in [-0.4, -0.2) is 44.2 Å². The van der Waals surface area contributed by atoms with E-state index in [0.29, 0.717) is 31.1 Å². The first-order valence-electron chi connectivity index (χ1n) is 9.61. The standard InChI is InChI=1S/C21H25N3O5/c1-28-11-12-29-18-6-4-5-16(13-18)15-22-21(25)19-14-17(24(26)27)7-8-20(19)23-9-2-3-10-23/h4-8,13-14H,2-3,9-12,15H2,1H3,(H,22,25). The van der Waals surface area contributed by atoms with Gasteiger partial charge in [-0.1, -0.05) is 12.1 Å². The van der Waals surface area contributed by atoms with E-state index in [1.165, 1.54) is 12.1 Å². The number of carbonyl (C=O) groups is 1. The number of carbonyl (C=O) groups excluding carboxylic acids is 1. The molecule has 0 bridgehead atoms. The largest absolute Gasteiger partial charge is 0.491 e. The van der Waals surface area contributed by atoms with Gasteiger partial charge in [-0.15, -0.1) is 0 Å². The molecule has 2 aromatic carbocycles. The summed E-state index contributed by atoms with van der Waals surface area (Å²) in [6, 6.07) is 11.9. The molecule has 1 saturated heterocycles. The molecule has 0 aliphatic carbocycles. The van der Waals surface area contributed by atoms with Gasteiger partial charge in [0.1, 0.15) is 12.4 Å². The molecule has 0 radical (unpaired) electrons. The zero-order valence-corrected chi connectivity index (χ0v) is 16.4. The molecule has 8 nitrogen and oxygen atoms in total. The van der Waals surface area contributed by atoms with Crippen LogP contribution in [0, 0.1) is 10.1 Å². The van der Waals surface area contributed by atoms with Crippen LogP contribution in [0.25, 0.3) is 0 Å². The van der Waals surface area contributed by atoms with E-state index >= 15 is 0 Å². The molecule has 8 heteroatoms. The van der Waals surface area contributed by atoms with Gasteiger partial charge in [-0.25, -0.2) is 0 Å². The first kappa shape index (κ1) is 20.6. The number of hydrogen-bond donors (Lipinski definition) is 1. The van der Waals surface area contributed by atoms with Gasteiger partial charge in [0.15, 0.2) is 0 Å². The van der Waals surface area contributed by atoms with Crippen LogP contribution in [0.5, 0.6) is 5.75 Å². The van der Waals surface area contributed by atoms with Crippen molar-refractivity contribution in [3.63, 3.8) is 0 Å². The number of anilines is 1. The molecule has 3 rings (SSSR count). The van der Waals surface area contributed by atoms with Crippen LogP contribution in [0.3, 0.4) is 0 Å². The molecule has 0 atom stereocenters. The Labute approximate surface area is 169 Å². The topological polar surface area (TPSA) is 93.9 Å². The lowest BCUT2D eigenvalue weighted by Gasteiger charge is -2.21. The zero-order chi connectivity index (χ0) is 20.6. The molecule has 1 aliphatic rings. The van der Waals surface area contributed by atoms with E-state index in [2.05, 4.69) is 10.2 Å². The minimum absolute atomic E-state index is 0.0911. The van der Waals surface area contributed by atoms with E-state index < -0.39 is 4.92 Å². The Kier molecular flexibility index (Phi) is 7.02. The predicted octanol–water partition coefficient (Wildman–Crippen LogP) is 3.15. The fourth-order valence-corrected chi connectivity index (χ4v) is 3.32. The number of amides is 1. The summed E-state index contributed by atoms with van der Waals surface area (Å²) in [5, 5.41) is 14.0. The van der Waals surface area contributed by atoms with Crippen molar-refractivity contribution in [1.82, 2.24) is 5.32 Å². The van der Waals surface area contributed by atoms with E-state index in [1.54, 1.807) is 13.2 Å². The maximum Gasteiger partial charge on any atom is 0.270 e. The van der Waals surface area contributed by atoms with Crippen molar-refractivity contribution in [2.75, 3.05) is 38.3 Å². The van der Waals surface area contributed by atoms with E-state index in [-0.39, 0.29) is 11.6 Å². The Morgan fingerprint density at radius 3 is 2.69 bits per heavy atom. The Hall–Kier alpha value is -3.13. The van der Waals surface area contributed by atoms with Crippen LogP contribution in [0.1, 0.15) is 28.8 Å². The summed E-state index contributed by atoms with van der Waals surface area (Å²) in [5.41, 5.74) is 1.85. The van der Waals surface area contributed by atoms with Crippen molar-refractivity contribution in [2.24, 2.45) is 0 Å². The summed E-state index contributed by atoms with van der Waals surface area (Å²) in [7, 11) is 1.61. The summed E-state index contributed by atoms with van der Waals surface area (Å²) >= 11 is 0. The highest BCUT2D eigenvalue weighted by molar-refractivity contribution is 6.00. The highest BCUT2D eigenvalue weighted by atomic mass is 16.6. The van der Waals surface area contributed by atoms with Crippen LogP contribution >= 0.6 is 0 Å². The number of non-ortho nitro benzene ring substituents is 1. The molecule has 0 spiro atoms. The lowest BCUT2D eigenvalue weighted by atomic mass is 10.1. The normalized spacial score (nSPS) is 13.3. The van der Waals surface area contributed by atoms with Crippen LogP contribution in [0.15, 0.2) is 42.5 Å². The molecule has 2 aromatic rings. The Morgan fingerprint density at radius 1 is 1.17 bits per heavy atom. The molecule has 1 fully saturated rings. The van der Waals surface area contributed by atoms with Gasteiger partial charge < -0.3 is 19.7 Å². The summed E-state index contributed by atoms with van der Waals surface area (Å²) in [6.07, 6.45) is 2.10. The third kappa shape index (κ3) is 5.45. The molecule has 154 valence electrons. The van der Waals surface area contributed by atoms with Gasteiger partial charge in [0.25, 0.3) is 11.6 Å². The quantitative estimate of drug-likeness (QED) is 0.395. The molecule has 0 unspecified atom stereocenters. The second-order valence-corrected chi connectivity index (χ2v) is 6.82. The fourth-order valence-electron chi connectivity index (χ4n) is 3.32. The second-order valence-electron chi connectivity index (χ2n) is 6.82. The van der Waals surface area contributed by atoms with E-state index in [0.717, 1.165) is 37.2 Å². The number of nitrogens with zero attached hydrogens (tertiary/aromatic N) is 2. The fraction of sp³-hybridized carbons (Fsp3) is 0.381. The lowest BCUT2D eigenvalue weighted by Crippen LogP contribution is -2.27. The number of methoxy groups -OCH3 is 1. The number of nitro groups is 1. The van der Waals surface area contributed by atoms with Gasteiger partial charge >= 0.3 is 0 Å². The van der Waals surface area contributed by atoms with E-state index in [4.69, 9.17) is 9.47 Å². The maximum atomic E-state index is 12.9. The Balaban J connectivity index is 1.72. The van der Waals surface area contributed by atoms with Crippen LogP contribution in [0.4, 0.5) is 11.4 Å². The van der Waals surface area contributed by atoms with Gasteiger partial charge in [-0.05, 0) is 36.6 Å². The van der Waals surface area contributed by atoms with Crippen molar-refractivity contribution >= 4 is 17.3 Å². The Morgan fingerprint density at radius 2 is 1.97 bits per heavy atom. The maximum absolute atomic E-state index is 12.9. The number of nitro benzene ring substituents is 1. The molecule has 0 saturated carbocycles. The average molecular weight is 399 g/mol. The molecule has 0 aromatic heterocycles. The van der Waals surface area contributed by atoms with Gasteiger partial charge in [0.2, 0.25) is 0 Å². The first-order chi connectivity index (χ1) is 14.1. The van der Waals surface area contributed by atoms with Crippen molar-refractivity contribution in [3.05, 3.63) is 63.7 Å². The number of nitrogens with one attached hydrogen (secondary N) is 1. The summed E-state index contributed by atoms with van der Waals surface area (Å²) in [5.74, 6) is 0.364. The van der Waals surface area contributed by atoms with Gasteiger partial charge in [-0.2, -0.15) is 0 Å². The highest BCUT2D eigenvalue weighted by Gasteiger charge is 2.22. The zero-order valence-electron chi connectivity index (χ0n) is 16.4. The number of benzene rings is 2. The van der Waals surface area contributed by atoms with Crippen LogP contribution < -0.4 is 15.0 Å². The van der Waals surface area contributed by atoms with Crippen molar-refractivity contribution in [1.29, 1.82) is 0 Å². The van der Waals surface area contributed by atoms with Crippen molar-refractivity contribution in [2.45, 2.75) is 19.4 Å². The van der Waals surface area contributed by atoms with Gasteiger partial charge in [0, 0.05) is 38.9 Å². The predicted molar refractivity (Wildman–Crippen MR) is 110 cm³/mol. The van der Waals surface area contributed by atoms with E-state index in [9.17, 15) is 14.9 Å². The minimum Gasteiger partial charge on any atom is -0.491 e. The summed E-state index contributed by atoms with van der Waals surface area (Å²) in [6.45, 7) is 2.92. The van der Waals surface area contributed by atoms with Crippen molar-refractivity contribution in [3.8, 4) is 5.75 Å².